The Kier molecular flexibility index (Phi) is 5.97. The van der Waals surface area contributed by atoms with Gasteiger partial charge < -0.3 is 9.72 Å². The van der Waals surface area contributed by atoms with Crippen LogP contribution in [0.3, 0.4) is 0 Å². The Bertz CT molecular complexity index is 591. The number of rotatable bonds is 6. The fourth-order valence-corrected chi connectivity index (χ4v) is 2.89. The number of H-pyrrole nitrogens is 2. The highest BCUT2D eigenvalue weighted by atomic mass is 16.5. The highest BCUT2D eigenvalue weighted by Crippen LogP contribution is 2.16. The lowest BCUT2D eigenvalue weighted by atomic mass is 10.0. The van der Waals surface area contributed by atoms with Crippen LogP contribution in [0.2, 0.25) is 0 Å². The number of nitrogens with one attached hydrogen (secondary N) is 2. The molecule has 0 aromatic carbocycles. The van der Waals surface area contributed by atoms with Crippen LogP contribution >= 0.6 is 0 Å². The number of ether oxygens (including phenoxy) is 1. The summed E-state index contributed by atoms with van der Waals surface area (Å²) >= 11 is 0. The summed E-state index contributed by atoms with van der Waals surface area (Å²) in [6.45, 7) is 9.16. The van der Waals surface area contributed by atoms with Gasteiger partial charge >= 0.3 is 5.69 Å². The normalized spacial score (nSPS) is 19.7. The second kappa shape index (κ2) is 7.74. The Hall–Kier alpha value is -1.40. The van der Waals surface area contributed by atoms with Gasteiger partial charge in [0.15, 0.2) is 0 Å². The van der Waals surface area contributed by atoms with Gasteiger partial charge in [-0.05, 0) is 19.3 Å². The predicted octanol–water partition coefficient (Wildman–Crippen LogP) is 1.40. The van der Waals surface area contributed by atoms with Crippen molar-refractivity contribution in [1.82, 2.24) is 14.9 Å². The van der Waals surface area contributed by atoms with E-state index in [0.717, 1.165) is 25.4 Å². The zero-order chi connectivity index (χ0) is 16.1. The zero-order valence-corrected chi connectivity index (χ0v) is 13.8. The molecule has 1 aliphatic rings. The van der Waals surface area contributed by atoms with Gasteiger partial charge in [0, 0.05) is 25.3 Å². The molecule has 1 aromatic heterocycles. The molecule has 6 nitrogen and oxygen atoms in total. The van der Waals surface area contributed by atoms with E-state index in [9.17, 15) is 9.59 Å². The number of nitrogens with zero attached hydrogens (tertiary/aromatic N) is 1. The topological polar surface area (TPSA) is 78.2 Å². The average molecular weight is 309 g/mol. The maximum Gasteiger partial charge on any atom is 0.325 e. The van der Waals surface area contributed by atoms with Crippen molar-refractivity contribution in [1.29, 1.82) is 0 Å². The number of aromatic amines is 2. The van der Waals surface area contributed by atoms with Gasteiger partial charge in [0.05, 0.1) is 18.3 Å². The first kappa shape index (κ1) is 17.0. The van der Waals surface area contributed by atoms with Crippen molar-refractivity contribution in [2.24, 2.45) is 5.92 Å². The smallest absolute Gasteiger partial charge is 0.325 e. The molecule has 1 saturated heterocycles. The molecule has 0 bridgehead atoms. The minimum Gasteiger partial charge on any atom is -0.376 e. The summed E-state index contributed by atoms with van der Waals surface area (Å²) < 4.78 is 5.82. The van der Waals surface area contributed by atoms with Crippen LogP contribution in [0.25, 0.3) is 0 Å². The van der Waals surface area contributed by atoms with Gasteiger partial charge in [-0.3, -0.25) is 14.7 Å². The summed E-state index contributed by atoms with van der Waals surface area (Å²) in [7, 11) is 0. The molecule has 1 atom stereocenters. The second-order valence-corrected chi connectivity index (χ2v) is 6.56. The van der Waals surface area contributed by atoms with Crippen LogP contribution in [0.1, 0.15) is 44.4 Å². The van der Waals surface area contributed by atoms with Crippen molar-refractivity contribution in [2.75, 3.05) is 19.7 Å². The van der Waals surface area contributed by atoms with Gasteiger partial charge in [-0.25, -0.2) is 4.79 Å². The van der Waals surface area contributed by atoms with Gasteiger partial charge in [0.25, 0.3) is 5.56 Å². The van der Waals surface area contributed by atoms with E-state index in [1.54, 1.807) is 6.92 Å². The predicted molar refractivity (Wildman–Crippen MR) is 86.1 cm³/mol. The maximum atomic E-state index is 11.9. The second-order valence-electron chi connectivity index (χ2n) is 6.56. The Morgan fingerprint density at radius 1 is 1.32 bits per heavy atom. The van der Waals surface area contributed by atoms with E-state index in [2.05, 4.69) is 28.7 Å². The van der Waals surface area contributed by atoms with E-state index in [1.165, 1.54) is 12.8 Å². The van der Waals surface area contributed by atoms with E-state index in [1.807, 2.05) is 0 Å². The summed E-state index contributed by atoms with van der Waals surface area (Å²) in [4.78, 5) is 30.4. The molecule has 0 aliphatic carbocycles. The van der Waals surface area contributed by atoms with Crippen LogP contribution in [0.15, 0.2) is 9.59 Å². The third-order valence-corrected chi connectivity index (χ3v) is 4.17. The Labute approximate surface area is 130 Å². The van der Waals surface area contributed by atoms with E-state index in [-0.39, 0.29) is 11.7 Å². The van der Waals surface area contributed by atoms with E-state index < -0.39 is 5.69 Å². The zero-order valence-electron chi connectivity index (χ0n) is 13.8. The molecule has 0 saturated carbocycles. The van der Waals surface area contributed by atoms with Crippen LogP contribution in [0.5, 0.6) is 0 Å². The fourth-order valence-electron chi connectivity index (χ4n) is 2.89. The minimum absolute atomic E-state index is 0.245. The summed E-state index contributed by atoms with van der Waals surface area (Å²) in [6.07, 6.45) is 3.71. The van der Waals surface area contributed by atoms with Gasteiger partial charge in [0.2, 0.25) is 0 Å². The molecule has 0 spiro atoms. The van der Waals surface area contributed by atoms with Crippen LogP contribution < -0.4 is 11.2 Å². The highest BCUT2D eigenvalue weighted by molar-refractivity contribution is 5.14. The molecular formula is C16H27N3O3. The number of aryl methyl sites for hydroxylation is 1. The molecule has 1 unspecified atom stereocenters. The third-order valence-electron chi connectivity index (χ3n) is 4.17. The van der Waals surface area contributed by atoms with Crippen molar-refractivity contribution in [3.05, 3.63) is 32.1 Å². The molecule has 2 rings (SSSR count). The molecule has 0 amide bonds. The molecule has 6 heteroatoms. The summed E-state index contributed by atoms with van der Waals surface area (Å²) in [5.74, 6) is 0.724. The lowest BCUT2D eigenvalue weighted by Crippen LogP contribution is -2.43. The van der Waals surface area contributed by atoms with Crippen LogP contribution in [-0.4, -0.2) is 40.7 Å². The van der Waals surface area contributed by atoms with Crippen LogP contribution in [-0.2, 0) is 11.3 Å². The molecular weight excluding hydrogens is 282 g/mol. The molecule has 124 valence electrons. The van der Waals surface area contributed by atoms with Crippen LogP contribution in [0.4, 0.5) is 0 Å². The molecule has 0 radical (unpaired) electrons. The van der Waals surface area contributed by atoms with Crippen molar-refractivity contribution in [2.45, 2.75) is 52.7 Å². The molecule has 1 aliphatic heterocycles. The highest BCUT2D eigenvalue weighted by Gasteiger charge is 2.21. The standard InChI is InChI=1S/C16H27N3O3/c1-11(2)5-4-6-13-9-19(7-8-22-13)10-14-12(3)17-16(21)18-15(14)20/h11,13H,4-10H2,1-3H3,(H2,17,18,20,21). The quantitative estimate of drug-likeness (QED) is 0.832. The number of hydrogen-bond acceptors (Lipinski definition) is 4. The number of hydrogen-bond donors (Lipinski definition) is 2. The van der Waals surface area contributed by atoms with E-state index in [4.69, 9.17) is 4.74 Å². The summed E-state index contributed by atoms with van der Waals surface area (Å²) in [5, 5.41) is 0. The lowest BCUT2D eigenvalue weighted by molar-refractivity contribution is -0.0362. The molecule has 1 aromatic rings. The molecule has 2 N–H and O–H groups in total. The summed E-state index contributed by atoms with van der Waals surface area (Å²) in [5.41, 5.74) is 0.558. The Morgan fingerprint density at radius 2 is 2.09 bits per heavy atom. The van der Waals surface area contributed by atoms with Crippen molar-refractivity contribution < 1.29 is 4.74 Å². The SMILES string of the molecule is Cc1[nH]c(=O)[nH]c(=O)c1CN1CCOC(CCCC(C)C)C1. The van der Waals surface area contributed by atoms with Gasteiger partial charge in [-0.1, -0.05) is 26.7 Å². The lowest BCUT2D eigenvalue weighted by Gasteiger charge is -2.33. The van der Waals surface area contributed by atoms with E-state index >= 15 is 0 Å². The van der Waals surface area contributed by atoms with E-state index in [0.29, 0.717) is 24.4 Å². The first-order chi connectivity index (χ1) is 10.5. The van der Waals surface area contributed by atoms with Crippen molar-refractivity contribution in [3.63, 3.8) is 0 Å². The van der Waals surface area contributed by atoms with Crippen molar-refractivity contribution in [3.8, 4) is 0 Å². The molecule has 2 heterocycles. The Morgan fingerprint density at radius 3 is 2.77 bits per heavy atom. The van der Waals surface area contributed by atoms with Crippen molar-refractivity contribution >= 4 is 0 Å². The largest absolute Gasteiger partial charge is 0.376 e. The van der Waals surface area contributed by atoms with Gasteiger partial charge in [-0.15, -0.1) is 0 Å². The number of aromatic nitrogens is 2. The fraction of sp³-hybridized carbons (Fsp3) is 0.750. The number of morpholine rings is 1. The summed E-state index contributed by atoms with van der Waals surface area (Å²) in [6, 6.07) is 0. The third kappa shape index (κ3) is 4.81. The molecule has 22 heavy (non-hydrogen) atoms. The van der Waals surface area contributed by atoms with Gasteiger partial charge in [-0.2, -0.15) is 0 Å². The monoisotopic (exact) mass is 309 g/mol. The first-order valence-corrected chi connectivity index (χ1v) is 8.11. The molecule has 1 fully saturated rings. The first-order valence-electron chi connectivity index (χ1n) is 8.11. The van der Waals surface area contributed by atoms with Crippen LogP contribution in [0, 0.1) is 12.8 Å². The minimum atomic E-state index is -0.445. The Balaban J connectivity index is 1.93. The average Bonchev–Trinajstić information content (AvgIpc) is 2.43. The van der Waals surface area contributed by atoms with Gasteiger partial charge in [0.1, 0.15) is 0 Å². The maximum absolute atomic E-state index is 11.9.